The molecule has 32 heavy (non-hydrogen) atoms. The predicted molar refractivity (Wildman–Crippen MR) is 117 cm³/mol. The van der Waals surface area contributed by atoms with Gasteiger partial charge in [-0.2, -0.15) is 0 Å². The van der Waals surface area contributed by atoms with Crippen LogP contribution in [-0.2, 0) is 11.3 Å². The molecular weight excluding hydrogens is 410 g/mol. The first-order chi connectivity index (χ1) is 15.5. The summed E-state index contributed by atoms with van der Waals surface area (Å²) in [4.78, 5) is 39.6. The molecule has 0 radical (unpaired) electrons. The molecule has 8 heteroatoms. The topological polar surface area (TPSA) is 93.0 Å². The van der Waals surface area contributed by atoms with Gasteiger partial charge in [0, 0.05) is 12.6 Å². The summed E-state index contributed by atoms with van der Waals surface area (Å²) in [7, 11) is 0. The number of non-ortho nitro benzene ring substituents is 1. The molecule has 0 N–H and O–H groups in total. The van der Waals surface area contributed by atoms with E-state index in [9.17, 15) is 19.7 Å². The summed E-state index contributed by atoms with van der Waals surface area (Å²) < 4.78 is 5.58. The molecule has 0 aliphatic carbocycles. The Bertz CT molecular complexity index is 1120. The van der Waals surface area contributed by atoms with Gasteiger partial charge in [-0.05, 0) is 17.2 Å². The molecular formula is C24H21N3O5. The van der Waals surface area contributed by atoms with E-state index in [1.165, 1.54) is 23.1 Å². The number of carbonyl (C=O) groups is 2. The smallest absolute Gasteiger partial charge is 0.328 e. The van der Waals surface area contributed by atoms with Gasteiger partial charge in [-0.3, -0.25) is 19.8 Å². The molecule has 1 fully saturated rings. The van der Waals surface area contributed by atoms with E-state index in [1.54, 1.807) is 11.0 Å². The van der Waals surface area contributed by atoms with Gasteiger partial charge in [0.2, 0.25) is 0 Å². The fraction of sp³-hybridized carbons (Fsp3) is 0.167. The van der Waals surface area contributed by atoms with Crippen LogP contribution in [0.2, 0.25) is 0 Å². The molecule has 0 bridgehead atoms. The third kappa shape index (κ3) is 4.44. The van der Waals surface area contributed by atoms with Gasteiger partial charge in [-0.25, -0.2) is 4.79 Å². The van der Waals surface area contributed by atoms with Gasteiger partial charge >= 0.3 is 6.03 Å². The third-order valence-electron chi connectivity index (χ3n) is 5.21. The fourth-order valence-electron chi connectivity index (χ4n) is 3.69. The molecule has 3 aromatic carbocycles. The summed E-state index contributed by atoms with van der Waals surface area (Å²) in [6, 6.07) is 23.4. The Balaban J connectivity index is 1.51. The summed E-state index contributed by atoms with van der Waals surface area (Å²) in [5, 5.41) is 10.9. The normalized spacial score (nSPS) is 15.8. The Hall–Kier alpha value is -4.20. The van der Waals surface area contributed by atoms with Gasteiger partial charge in [-0.15, -0.1) is 0 Å². The molecule has 0 spiro atoms. The first kappa shape index (κ1) is 21.0. The van der Waals surface area contributed by atoms with Crippen LogP contribution in [0.3, 0.4) is 0 Å². The lowest BCUT2D eigenvalue weighted by atomic mass is 10.1. The minimum Gasteiger partial charge on any atom is -0.491 e. The lowest BCUT2D eigenvalue weighted by molar-refractivity contribution is -0.384. The number of urea groups is 1. The predicted octanol–water partition coefficient (Wildman–Crippen LogP) is 4.18. The highest BCUT2D eigenvalue weighted by molar-refractivity contribution is 6.04. The van der Waals surface area contributed by atoms with E-state index in [2.05, 4.69) is 0 Å². The van der Waals surface area contributed by atoms with Crippen LogP contribution in [0.4, 0.5) is 10.5 Å². The summed E-state index contributed by atoms with van der Waals surface area (Å²) in [5.74, 6) is -0.0150. The minimum absolute atomic E-state index is 0.0271. The molecule has 1 atom stereocenters. The number of nitro benzene ring substituents is 1. The van der Waals surface area contributed by atoms with E-state index in [0.29, 0.717) is 12.3 Å². The average Bonchev–Trinajstić information content (AvgIpc) is 3.04. The standard InChI is InChI=1S/C24H21N3O5/c28-23-22(19-10-5-2-6-11-19)26(17-18-8-3-1-4-9-18)24(29)25(23)14-15-32-21-13-7-12-20(16-21)27(30)31/h1-13,16,22H,14-15,17H2. The van der Waals surface area contributed by atoms with Crippen LogP contribution in [0.5, 0.6) is 5.75 Å². The minimum atomic E-state index is -0.721. The number of hydrogen-bond donors (Lipinski definition) is 0. The van der Waals surface area contributed by atoms with Crippen molar-refractivity contribution in [3.63, 3.8) is 0 Å². The Morgan fingerprint density at radius 2 is 1.59 bits per heavy atom. The van der Waals surface area contributed by atoms with Crippen LogP contribution in [0.15, 0.2) is 84.9 Å². The molecule has 0 aromatic heterocycles. The zero-order chi connectivity index (χ0) is 22.5. The molecule has 1 aliphatic rings. The third-order valence-corrected chi connectivity index (χ3v) is 5.21. The molecule has 8 nitrogen and oxygen atoms in total. The number of nitrogens with zero attached hydrogens (tertiary/aromatic N) is 3. The maximum Gasteiger partial charge on any atom is 0.328 e. The second kappa shape index (κ2) is 9.30. The second-order valence-electron chi connectivity index (χ2n) is 7.30. The van der Waals surface area contributed by atoms with Gasteiger partial charge in [0.05, 0.1) is 17.5 Å². The SMILES string of the molecule is O=C1C(c2ccccc2)N(Cc2ccccc2)C(=O)N1CCOc1cccc([N+](=O)[O-])c1. The zero-order valence-corrected chi connectivity index (χ0v) is 17.2. The van der Waals surface area contributed by atoms with Crippen molar-refractivity contribution in [2.75, 3.05) is 13.2 Å². The van der Waals surface area contributed by atoms with Crippen molar-refractivity contribution in [2.45, 2.75) is 12.6 Å². The van der Waals surface area contributed by atoms with Crippen molar-refractivity contribution in [3.8, 4) is 5.75 Å². The van der Waals surface area contributed by atoms with E-state index in [1.807, 2.05) is 60.7 Å². The molecule has 0 saturated carbocycles. The number of rotatable bonds is 8. The van der Waals surface area contributed by atoms with E-state index in [-0.39, 0.29) is 24.7 Å². The largest absolute Gasteiger partial charge is 0.491 e. The van der Waals surface area contributed by atoms with Gasteiger partial charge < -0.3 is 9.64 Å². The second-order valence-corrected chi connectivity index (χ2v) is 7.30. The molecule has 4 rings (SSSR count). The maximum atomic E-state index is 13.2. The highest BCUT2D eigenvalue weighted by atomic mass is 16.6. The summed E-state index contributed by atoms with van der Waals surface area (Å²) in [6.45, 7) is 0.363. The van der Waals surface area contributed by atoms with Crippen LogP contribution >= 0.6 is 0 Å². The molecule has 3 amide bonds. The lowest BCUT2D eigenvalue weighted by Gasteiger charge is -2.22. The molecule has 3 aromatic rings. The zero-order valence-electron chi connectivity index (χ0n) is 17.2. The van der Waals surface area contributed by atoms with Gasteiger partial charge in [0.25, 0.3) is 11.6 Å². The lowest BCUT2D eigenvalue weighted by Crippen LogP contribution is -2.35. The summed E-state index contributed by atoms with van der Waals surface area (Å²) in [6.07, 6.45) is 0. The highest BCUT2D eigenvalue weighted by Gasteiger charge is 2.45. The van der Waals surface area contributed by atoms with Crippen molar-refractivity contribution < 1.29 is 19.2 Å². The van der Waals surface area contributed by atoms with Gasteiger partial charge in [0.1, 0.15) is 18.4 Å². The van der Waals surface area contributed by atoms with E-state index in [4.69, 9.17) is 4.74 Å². The summed E-state index contributed by atoms with van der Waals surface area (Å²) >= 11 is 0. The molecule has 1 aliphatic heterocycles. The number of benzene rings is 3. The molecule has 1 saturated heterocycles. The Kier molecular flexibility index (Phi) is 6.12. The number of nitro groups is 1. The number of carbonyl (C=O) groups excluding carboxylic acids is 2. The van der Waals surface area contributed by atoms with Crippen molar-refractivity contribution >= 4 is 17.6 Å². The van der Waals surface area contributed by atoms with Crippen molar-refractivity contribution in [1.29, 1.82) is 0 Å². The van der Waals surface area contributed by atoms with E-state index < -0.39 is 17.0 Å². The Morgan fingerprint density at radius 1 is 0.906 bits per heavy atom. The Morgan fingerprint density at radius 3 is 2.28 bits per heavy atom. The van der Waals surface area contributed by atoms with Gasteiger partial charge in [0.15, 0.2) is 0 Å². The van der Waals surface area contributed by atoms with Crippen LogP contribution < -0.4 is 4.74 Å². The van der Waals surface area contributed by atoms with Gasteiger partial charge in [-0.1, -0.05) is 66.7 Å². The van der Waals surface area contributed by atoms with E-state index >= 15 is 0 Å². The van der Waals surface area contributed by atoms with Crippen LogP contribution in [-0.4, -0.2) is 39.8 Å². The maximum absolute atomic E-state index is 13.2. The van der Waals surface area contributed by atoms with Crippen molar-refractivity contribution in [1.82, 2.24) is 9.80 Å². The number of amides is 3. The number of hydrogen-bond acceptors (Lipinski definition) is 5. The monoisotopic (exact) mass is 431 g/mol. The van der Waals surface area contributed by atoms with Crippen LogP contribution in [0.25, 0.3) is 0 Å². The fourth-order valence-corrected chi connectivity index (χ4v) is 3.69. The van der Waals surface area contributed by atoms with Crippen LogP contribution in [0, 0.1) is 10.1 Å². The molecule has 1 unspecified atom stereocenters. The first-order valence-corrected chi connectivity index (χ1v) is 10.1. The van der Waals surface area contributed by atoms with Crippen molar-refractivity contribution in [3.05, 3.63) is 106 Å². The van der Waals surface area contributed by atoms with Crippen LogP contribution in [0.1, 0.15) is 17.2 Å². The Labute approximate surface area is 184 Å². The first-order valence-electron chi connectivity index (χ1n) is 10.1. The summed E-state index contributed by atoms with van der Waals surface area (Å²) in [5.41, 5.74) is 1.57. The number of ether oxygens (including phenoxy) is 1. The average molecular weight is 431 g/mol. The highest BCUT2D eigenvalue weighted by Crippen LogP contribution is 2.32. The molecule has 1 heterocycles. The van der Waals surface area contributed by atoms with Crippen molar-refractivity contribution in [2.24, 2.45) is 0 Å². The van der Waals surface area contributed by atoms with E-state index in [0.717, 1.165) is 11.1 Å². The number of imide groups is 1. The molecule has 162 valence electrons. The quantitative estimate of drug-likeness (QED) is 0.303.